The summed E-state index contributed by atoms with van der Waals surface area (Å²) in [5, 5.41) is 12.3. The summed E-state index contributed by atoms with van der Waals surface area (Å²) in [7, 11) is 0. The number of rotatable bonds is 7. The SMILES string of the molecule is c1ccc(-c2ccc(-n3c4ccccc4c4cc(-c5cc6c7ccccc7n(-c7ccccc7)c6cn5)ccc43)cc2)cc1.c1ccc(-n2c3ccccc3c3cc(-c4ccc5c(c4)c4ccccc4n5-c4ccc5ccccc5c4)ncc32)cc1. The number of aromatic nitrogens is 6. The second-order valence-corrected chi connectivity index (χ2v) is 22.2. The van der Waals surface area contributed by atoms with Gasteiger partial charge in [-0.3, -0.25) is 9.97 Å². The highest BCUT2D eigenvalue weighted by molar-refractivity contribution is 6.14. The maximum Gasteiger partial charge on any atom is 0.0724 e. The van der Waals surface area contributed by atoms with E-state index in [9.17, 15) is 0 Å². The van der Waals surface area contributed by atoms with Crippen LogP contribution in [0.25, 0.3) is 154 Å². The number of hydrogen-bond acceptors (Lipinski definition) is 2. The Morgan fingerprint density at radius 2 is 0.512 bits per heavy atom. The van der Waals surface area contributed by atoms with E-state index in [-0.39, 0.29) is 0 Å². The van der Waals surface area contributed by atoms with Gasteiger partial charge < -0.3 is 18.3 Å². The first-order valence-corrected chi connectivity index (χ1v) is 29.3. The van der Waals surface area contributed by atoms with Crippen LogP contribution in [0.3, 0.4) is 0 Å². The minimum Gasteiger partial charge on any atom is -0.309 e. The quantitative estimate of drug-likeness (QED) is 0.160. The highest BCUT2D eigenvalue weighted by Crippen LogP contribution is 2.41. The summed E-state index contributed by atoms with van der Waals surface area (Å²) in [5.74, 6) is 0. The number of para-hydroxylation sites is 6. The summed E-state index contributed by atoms with van der Waals surface area (Å²) < 4.78 is 9.36. The molecule has 0 aliphatic heterocycles. The van der Waals surface area contributed by atoms with Crippen LogP contribution in [0.15, 0.2) is 316 Å². The zero-order valence-corrected chi connectivity index (χ0v) is 46.7. The lowest BCUT2D eigenvalue weighted by Crippen LogP contribution is -1.94. The first-order valence-electron chi connectivity index (χ1n) is 29.3. The molecule has 0 fully saturated rings. The van der Waals surface area contributed by atoms with Crippen LogP contribution in [0.2, 0.25) is 0 Å². The van der Waals surface area contributed by atoms with Gasteiger partial charge in [-0.05, 0) is 131 Å². The van der Waals surface area contributed by atoms with Crippen molar-refractivity contribution in [2.24, 2.45) is 0 Å². The van der Waals surface area contributed by atoms with Gasteiger partial charge in [-0.15, -0.1) is 0 Å². The van der Waals surface area contributed by atoms with E-state index in [1.165, 1.54) is 104 Å². The fraction of sp³-hybridized carbons (Fsp3) is 0. The molecule has 6 heterocycles. The normalized spacial score (nSPS) is 11.7. The van der Waals surface area contributed by atoms with E-state index in [0.29, 0.717) is 0 Å². The third-order valence-corrected chi connectivity index (χ3v) is 17.3. The molecule has 12 aromatic carbocycles. The molecule has 6 heteroatoms. The van der Waals surface area contributed by atoms with Gasteiger partial charge in [0.25, 0.3) is 0 Å². The molecular weight excluding hydrogens is 1040 g/mol. The summed E-state index contributed by atoms with van der Waals surface area (Å²) in [4.78, 5) is 10.0. The highest BCUT2D eigenvalue weighted by atomic mass is 15.0. The Morgan fingerprint density at radius 3 is 0.988 bits per heavy atom. The lowest BCUT2D eigenvalue weighted by atomic mass is 10.0. The molecule has 0 amide bonds. The standard InChI is InChI=1S/C41H27N3.C39H25N3/c1-3-11-28(12-4-1)29-19-22-32(23-20-29)43-38-17-9-7-15-33(38)35-25-30(21-24-40(35)43)37-26-36-34-16-8-10-18-39(34)44(41(36)27-42-37)31-13-5-2-6-14-31;1-2-12-29(13-3-1)41-36-16-8-7-15-32(36)34-24-35(40-25-39(34)41)28-19-21-38-33(23-28)31-14-6-9-17-37(31)42(38)30-20-18-26-10-4-5-11-27(26)22-30/h1-27H;1-25H. The summed E-state index contributed by atoms with van der Waals surface area (Å²) in [5.41, 5.74) is 20.6. The summed E-state index contributed by atoms with van der Waals surface area (Å²) in [6.45, 7) is 0. The Bertz CT molecular complexity index is 5630. The predicted octanol–water partition coefficient (Wildman–Crippen LogP) is 20.7. The molecule has 0 saturated carbocycles. The molecule has 0 aliphatic rings. The van der Waals surface area contributed by atoms with Crippen LogP contribution in [-0.2, 0) is 0 Å². The predicted molar refractivity (Wildman–Crippen MR) is 360 cm³/mol. The molecule has 0 spiro atoms. The fourth-order valence-electron chi connectivity index (χ4n) is 13.3. The first-order chi connectivity index (χ1) is 42.7. The zero-order valence-electron chi connectivity index (χ0n) is 46.7. The molecule has 0 bridgehead atoms. The van der Waals surface area contributed by atoms with Gasteiger partial charge in [-0.25, -0.2) is 0 Å². The van der Waals surface area contributed by atoms with Crippen LogP contribution in [-0.4, -0.2) is 28.2 Å². The zero-order chi connectivity index (χ0) is 56.7. The van der Waals surface area contributed by atoms with Crippen molar-refractivity contribution in [3.63, 3.8) is 0 Å². The lowest BCUT2D eigenvalue weighted by Gasteiger charge is -2.10. The molecule has 0 N–H and O–H groups in total. The molecule has 6 nitrogen and oxygen atoms in total. The Morgan fingerprint density at radius 1 is 0.186 bits per heavy atom. The van der Waals surface area contributed by atoms with E-state index in [0.717, 1.165) is 50.6 Å². The molecule has 6 aromatic heterocycles. The van der Waals surface area contributed by atoms with Crippen LogP contribution in [0.4, 0.5) is 0 Å². The van der Waals surface area contributed by atoms with Crippen LogP contribution in [0.5, 0.6) is 0 Å². The average Bonchev–Trinajstić information content (AvgIpc) is 2.13. The Hall–Kier alpha value is -11.6. The van der Waals surface area contributed by atoms with Crippen LogP contribution < -0.4 is 0 Å². The molecule has 0 saturated heterocycles. The van der Waals surface area contributed by atoms with Crippen molar-refractivity contribution in [1.29, 1.82) is 0 Å². The Labute approximate surface area is 495 Å². The monoisotopic (exact) mass is 1100 g/mol. The van der Waals surface area contributed by atoms with Gasteiger partial charge in [0.05, 0.1) is 67.9 Å². The largest absolute Gasteiger partial charge is 0.309 e. The molecular formula is C80H52N6. The van der Waals surface area contributed by atoms with Gasteiger partial charge in [0.2, 0.25) is 0 Å². The van der Waals surface area contributed by atoms with Crippen molar-refractivity contribution >= 4 is 98.0 Å². The molecule has 402 valence electrons. The molecule has 86 heavy (non-hydrogen) atoms. The number of hydrogen-bond donors (Lipinski definition) is 0. The van der Waals surface area contributed by atoms with Crippen molar-refractivity contribution in [1.82, 2.24) is 28.2 Å². The molecule has 18 rings (SSSR count). The van der Waals surface area contributed by atoms with Gasteiger partial charge in [0, 0.05) is 77.0 Å². The topological polar surface area (TPSA) is 45.5 Å². The number of benzene rings is 12. The van der Waals surface area contributed by atoms with E-state index in [1.54, 1.807) is 0 Å². The van der Waals surface area contributed by atoms with Gasteiger partial charge in [0.1, 0.15) is 0 Å². The van der Waals surface area contributed by atoms with Crippen LogP contribution in [0.1, 0.15) is 0 Å². The third kappa shape index (κ3) is 8.03. The lowest BCUT2D eigenvalue weighted by molar-refractivity contribution is 1.17. The molecule has 0 unspecified atom stereocenters. The van der Waals surface area contributed by atoms with Crippen molar-refractivity contribution < 1.29 is 0 Å². The smallest absolute Gasteiger partial charge is 0.0724 e. The first kappa shape index (κ1) is 49.0. The molecule has 18 aromatic rings. The van der Waals surface area contributed by atoms with Crippen LogP contribution >= 0.6 is 0 Å². The summed E-state index contributed by atoms with van der Waals surface area (Å²) >= 11 is 0. The Kier molecular flexibility index (Phi) is 11.5. The highest BCUT2D eigenvalue weighted by Gasteiger charge is 2.20. The van der Waals surface area contributed by atoms with E-state index in [4.69, 9.17) is 9.97 Å². The van der Waals surface area contributed by atoms with E-state index >= 15 is 0 Å². The molecule has 0 atom stereocenters. The molecule has 0 aliphatic carbocycles. The maximum atomic E-state index is 5.02. The van der Waals surface area contributed by atoms with Gasteiger partial charge in [0.15, 0.2) is 0 Å². The maximum absolute atomic E-state index is 5.02. The average molecular weight is 1100 g/mol. The van der Waals surface area contributed by atoms with Crippen molar-refractivity contribution in [2.45, 2.75) is 0 Å². The number of nitrogens with zero attached hydrogens (tertiary/aromatic N) is 6. The van der Waals surface area contributed by atoms with Crippen molar-refractivity contribution in [2.75, 3.05) is 0 Å². The summed E-state index contributed by atoms with van der Waals surface area (Å²) in [6, 6.07) is 108. The van der Waals surface area contributed by atoms with E-state index < -0.39 is 0 Å². The van der Waals surface area contributed by atoms with E-state index in [1.807, 2.05) is 12.4 Å². The minimum absolute atomic E-state index is 0.972. The van der Waals surface area contributed by atoms with Gasteiger partial charge in [-0.1, -0.05) is 194 Å². The Balaban J connectivity index is 0.000000135. The van der Waals surface area contributed by atoms with Crippen molar-refractivity contribution in [3.8, 4) is 56.4 Å². The minimum atomic E-state index is 0.972. The third-order valence-electron chi connectivity index (χ3n) is 17.3. The number of fused-ring (bicyclic) bond motifs is 13. The summed E-state index contributed by atoms with van der Waals surface area (Å²) in [6.07, 6.45) is 4.06. The number of pyridine rings is 2. The second-order valence-electron chi connectivity index (χ2n) is 22.2. The van der Waals surface area contributed by atoms with Crippen molar-refractivity contribution in [3.05, 3.63) is 316 Å². The van der Waals surface area contributed by atoms with Gasteiger partial charge in [-0.2, -0.15) is 0 Å². The molecule has 0 radical (unpaired) electrons. The van der Waals surface area contributed by atoms with Gasteiger partial charge >= 0.3 is 0 Å². The fourth-order valence-corrected chi connectivity index (χ4v) is 13.3. The van der Waals surface area contributed by atoms with Crippen LogP contribution in [0, 0.1) is 0 Å². The second kappa shape index (κ2) is 20.1. The van der Waals surface area contributed by atoms with E-state index in [2.05, 4.69) is 322 Å².